The van der Waals surface area contributed by atoms with Crippen molar-refractivity contribution in [3.63, 3.8) is 0 Å². The maximum atomic E-state index is 12.2. The van der Waals surface area contributed by atoms with Gasteiger partial charge in [-0.25, -0.2) is 14.5 Å². The number of carbonyl (C=O) groups is 2. The summed E-state index contributed by atoms with van der Waals surface area (Å²) >= 11 is 9.38. The highest BCUT2D eigenvalue weighted by atomic mass is 79.9. The summed E-state index contributed by atoms with van der Waals surface area (Å²) in [5.41, 5.74) is 4.78. The number of halogens is 2. The molecule has 3 N–H and O–H groups in total. The van der Waals surface area contributed by atoms with E-state index in [0.717, 1.165) is 9.37 Å². The third kappa shape index (κ3) is 8.25. The fourth-order valence-corrected chi connectivity index (χ4v) is 2.59. The summed E-state index contributed by atoms with van der Waals surface area (Å²) in [4.78, 5) is 25.2. The van der Waals surface area contributed by atoms with E-state index in [1.54, 1.807) is 32.9 Å². The molecule has 1 aromatic rings. The largest absolute Gasteiger partial charge is 0.492 e. The highest BCUT2D eigenvalue weighted by molar-refractivity contribution is 9.10. The molecule has 0 saturated carbocycles. The third-order valence-corrected chi connectivity index (χ3v) is 3.75. The van der Waals surface area contributed by atoms with E-state index >= 15 is 0 Å². The Hall–Kier alpha value is -1.51. The normalized spacial score (nSPS) is 11.0. The zero-order valence-electron chi connectivity index (χ0n) is 15.2. The molecule has 0 atom stereocenters. The summed E-state index contributed by atoms with van der Waals surface area (Å²) in [6, 6.07) is 4.78. The Morgan fingerprint density at radius 2 is 2.04 bits per heavy atom. The molecule has 0 aliphatic heterocycles. The SMILES string of the molecule is CC(C)(C)OC(=O)N(CCN)C(=O)NCCCOc1ccc(Br)cc1Cl. The van der Waals surface area contributed by atoms with Gasteiger partial charge in [0.2, 0.25) is 0 Å². The van der Waals surface area contributed by atoms with Crippen LogP contribution in [0.3, 0.4) is 0 Å². The standard InChI is InChI=1S/C17H25BrClN3O4/c1-17(2,3)26-16(24)22(9-7-20)15(23)21-8-4-10-25-14-6-5-12(18)11-13(14)19/h5-6,11H,4,7-10,20H2,1-3H3,(H,21,23). The highest BCUT2D eigenvalue weighted by Crippen LogP contribution is 2.27. The van der Waals surface area contributed by atoms with E-state index in [2.05, 4.69) is 21.2 Å². The van der Waals surface area contributed by atoms with Crippen LogP contribution in [0.2, 0.25) is 5.02 Å². The van der Waals surface area contributed by atoms with Crippen LogP contribution in [0, 0.1) is 0 Å². The molecule has 0 aliphatic rings. The predicted octanol–water partition coefficient (Wildman–Crippen LogP) is 3.78. The minimum absolute atomic E-state index is 0.0751. The molecular formula is C17H25BrClN3O4. The summed E-state index contributed by atoms with van der Waals surface area (Å²) in [6.45, 7) is 6.11. The molecule has 0 saturated heterocycles. The monoisotopic (exact) mass is 449 g/mol. The molecule has 0 bridgehead atoms. The molecule has 0 aliphatic carbocycles. The first-order chi connectivity index (χ1) is 12.1. The predicted molar refractivity (Wildman–Crippen MR) is 105 cm³/mol. The second-order valence-electron chi connectivity index (χ2n) is 6.43. The van der Waals surface area contributed by atoms with E-state index in [4.69, 9.17) is 26.8 Å². The lowest BCUT2D eigenvalue weighted by molar-refractivity contribution is 0.0325. The number of nitrogens with zero attached hydrogens (tertiary/aromatic N) is 1. The van der Waals surface area contributed by atoms with Gasteiger partial charge in [-0.15, -0.1) is 0 Å². The van der Waals surface area contributed by atoms with Crippen LogP contribution in [0.4, 0.5) is 9.59 Å². The van der Waals surface area contributed by atoms with Crippen molar-refractivity contribution in [1.29, 1.82) is 0 Å². The number of nitrogens with two attached hydrogens (primary N) is 1. The first-order valence-electron chi connectivity index (χ1n) is 8.20. The fraction of sp³-hybridized carbons (Fsp3) is 0.529. The lowest BCUT2D eigenvalue weighted by Crippen LogP contribution is -2.48. The van der Waals surface area contributed by atoms with E-state index in [0.29, 0.717) is 30.3 Å². The lowest BCUT2D eigenvalue weighted by atomic mass is 10.2. The minimum Gasteiger partial charge on any atom is -0.492 e. The van der Waals surface area contributed by atoms with Crippen molar-refractivity contribution in [3.05, 3.63) is 27.7 Å². The average Bonchev–Trinajstić information content (AvgIpc) is 2.52. The summed E-state index contributed by atoms with van der Waals surface area (Å²) in [5, 5.41) is 3.16. The van der Waals surface area contributed by atoms with Crippen LogP contribution in [0.25, 0.3) is 0 Å². The van der Waals surface area contributed by atoms with Gasteiger partial charge >= 0.3 is 12.1 Å². The molecule has 26 heavy (non-hydrogen) atoms. The fourth-order valence-electron chi connectivity index (χ4n) is 1.86. The molecule has 0 fully saturated rings. The van der Waals surface area contributed by atoms with Gasteiger partial charge in [-0.2, -0.15) is 0 Å². The van der Waals surface area contributed by atoms with E-state index in [1.807, 2.05) is 6.07 Å². The molecule has 1 rings (SSSR count). The molecular weight excluding hydrogens is 426 g/mol. The van der Waals surface area contributed by atoms with Crippen LogP contribution < -0.4 is 15.8 Å². The number of hydrogen-bond acceptors (Lipinski definition) is 5. The highest BCUT2D eigenvalue weighted by Gasteiger charge is 2.26. The van der Waals surface area contributed by atoms with Crippen LogP contribution in [0.5, 0.6) is 5.75 Å². The number of rotatable bonds is 7. The average molecular weight is 451 g/mol. The number of hydrogen-bond donors (Lipinski definition) is 2. The maximum absolute atomic E-state index is 12.2. The molecule has 1 aromatic carbocycles. The van der Waals surface area contributed by atoms with Crippen molar-refractivity contribution < 1.29 is 19.1 Å². The van der Waals surface area contributed by atoms with Crippen molar-refractivity contribution >= 4 is 39.7 Å². The van der Waals surface area contributed by atoms with E-state index < -0.39 is 17.7 Å². The number of amides is 3. The molecule has 146 valence electrons. The number of benzene rings is 1. The van der Waals surface area contributed by atoms with Crippen molar-refractivity contribution in [2.45, 2.75) is 32.8 Å². The third-order valence-electron chi connectivity index (χ3n) is 2.96. The Balaban J connectivity index is 2.41. The van der Waals surface area contributed by atoms with Crippen LogP contribution in [0.15, 0.2) is 22.7 Å². The Kier molecular flexibility index (Phi) is 9.18. The Bertz CT molecular complexity index is 623. The zero-order chi connectivity index (χ0) is 19.7. The summed E-state index contributed by atoms with van der Waals surface area (Å²) in [6.07, 6.45) is -0.179. The summed E-state index contributed by atoms with van der Waals surface area (Å²) < 4.78 is 11.6. The first kappa shape index (κ1) is 22.5. The van der Waals surface area contributed by atoms with Gasteiger partial charge in [0.15, 0.2) is 0 Å². The maximum Gasteiger partial charge on any atom is 0.418 e. The number of carbonyl (C=O) groups excluding carboxylic acids is 2. The van der Waals surface area contributed by atoms with Crippen LogP contribution in [-0.4, -0.2) is 48.9 Å². The number of urea groups is 1. The van der Waals surface area contributed by atoms with Gasteiger partial charge in [0, 0.05) is 24.1 Å². The van der Waals surface area contributed by atoms with Crippen LogP contribution >= 0.6 is 27.5 Å². The van der Waals surface area contributed by atoms with Gasteiger partial charge in [0.05, 0.1) is 11.6 Å². The van der Waals surface area contributed by atoms with Crippen molar-refractivity contribution in [2.75, 3.05) is 26.2 Å². The topological polar surface area (TPSA) is 93.9 Å². The summed E-state index contributed by atoms with van der Waals surface area (Å²) in [7, 11) is 0. The first-order valence-corrected chi connectivity index (χ1v) is 9.37. The van der Waals surface area contributed by atoms with Crippen molar-refractivity contribution in [3.8, 4) is 5.75 Å². The number of nitrogens with one attached hydrogen (secondary N) is 1. The van der Waals surface area contributed by atoms with Gasteiger partial charge < -0.3 is 20.5 Å². The van der Waals surface area contributed by atoms with Gasteiger partial charge in [-0.05, 0) is 45.4 Å². The van der Waals surface area contributed by atoms with Crippen molar-refractivity contribution in [1.82, 2.24) is 10.2 Å². The van der Waals surface area contributed by atoms with E-state index in [1.165, 1.54) is 0 Å². The van der Waals surface area contributed by atoms with Gasteiger partial charge in [-0.3, -0.25) is 0 Å². The Morgan fingerprint density at radius 3 is 2.62 bits per heavy atom. The van der Waals surface area contributed by atoms with E-state index in [9.17, 15) is 9.59 Å². The quantitative estimate of drug-likeness (QED) is 0.617. The Morgan fingerprint density at radius 1 is 1.35 bits per heavy atom. The molecule has 0 unspecified atom stereocenters. The molecule has 0 radical (unpaired) electrons. The van der Waals surface area contributed by atoms with Gasteiger partial charge in [0.1, 0.15) is 11.4 Å². The number of ether oxygens (including phenoxy) is 2. The smallest absolute Gasteiger partial charge is 0.418 e. The molecule has 7 nitrogen and oxygen atoms in total. The molecule has 9 heteroatoms. The second-order valence-corrected chi connectivity index (χ2v) is 7.75. The lowest BCUT2D eigenvalue weighted by Gasteiger charge is -2.26. The van der Waals surface area contributed by atoms with Crippen molar-refractivity contribution in [2.24, 2.45) is 5.73 Å². The molecule has 0 aromatic heterocycles. The minimum atomic E-state index is -0.724. The summed E-state index contributed by atoms with van der Waals surface area (Å²) in [5.74, 6) is 0.569. The molecule has 0 spiro atoms. The molecule has 0 heterocycles. The Labute approximate surface area is 167 Å². The van der Waals surface area contributed by atoms with Gasteiger partial charge in [-0.1, -0.05) is 27.5 Å². The molecule has 3 amide bonds. The number of imide groups is 1. The van der Waals surface area contributed by atoms with E-state index in [-0.39, 0.29) is 13.1 Å². The zero-order valence-corrected chi connectivity index (χ0v) is 17.5. The van der Waals surface area contributed by atoms with Crippen LogP contribution in [0.1, 0.15) is 27.2 Å². The van der Waals surface area contributed by atoms with Gasteiger partial charge in [0.25, 0.3) is 0 Å². The van der Waals surface area contributed by atoms with Crippen LogP contribution in [-0.2, 0) is 4.74 Å². The second kappa shape index (κ2) is 10.6.